The lowest BCUT2D eigenvalue weighted by atomic mass is 9.98. The van der Waals surface area contributed by atoms with E-state index in [9.17, 15) is 0 Å². The Balaban J connectivity index is 1.36. The number of aryl methyl sites for hydroxylation is 1. The maximum atomic E-state index is 4.77. The summed E-state index contributed by atoms with van der Waals surface area (Å²) >= 11 is 1.69. The number of anilines is 1. The summed E-state index contributed by atoms with van der Waals surface area (Å²) in [6.07, 6.45) is 7.51. The van der Waals surface area contributed by atoms with E-state index in [-0.39, 0.29) is 0 Å². The molecule has 0 bridgehead atoms. The SMILES string of the molecule is CCc1nc(N2CC(c3ncc(C4CC4)cn3)C2)c2ccsc2n1. The summed E-state index contributed by atoms with van der Waals surface area (Å²) in [7, 11) is 0. The highest BCUT2D eigenvalue weighted by atomic mass is 32.1. The van der Waals surface area contributed by atoms with E-state index in [2.05, 4.69) is 38.2 Å². The lowest BCUT2D eigenvalue weighted by Gasteiger charge is -2.39. The summed E-state index contributed by atoms with van der Waals surface area (Å²) in [5.74, 6) is 4.10. The van der Waals surface area contributed by atoms with Crippen LogP contribution in [0.3, 0.4) is 0 Å². The molecule has 1 saturated carbocycles. The molecule has 2 fully saturated rings. The van der Waals surface area contributed by atoms with E-state index in [4.69, 9.17) is 4.98 Å². The monoisotopic (exact) mass is 337 g/mol. The first-order chi connectivity index (χ1) is 11.8. The van der Waals surface area contributed by atoms with Crippen LogP contribution in [0.15, 0.2) is 23.8 Å². The van der Waals surface area contributed by atoms with Gasteiger partial charge in [0.2, 0.25) is 0 Å². The van der Waals surface area contributed by atoms with Gasteiger partial charge in [0, 0.05) is 31.9 Å². The lowest BCUT2D eigenvalue weighted by Crippen LogP contribution is -2.46. The highest BCUT2D eigenvalue weighted by Crippen LogP contribution is 2.40. The molecule has 0 spiro atoms. The van der Waals surface area contributed by atoms with Gasteiger partial charge in [-0.15, -0.1) is 11.3 Å². The molecule has 1 aliphatic carbocycles. The predicted octanol–water partition coefficient (Wildman–Crippen LogP) is 3.52. The molecule has 5 rings (SSSR count). The van der Waals surface area contributed by atoms with Gasteiger partial charge in [-0.3, -0.25) is 0 Å². The van der Waals surface area contributed by atoms with Crippen LogP contribution < -0.4 is 4.90 Å². The quantitative estimate of drug-likeness (QED) is 0.729. The summed E-state index contributed by atoms with van der Waals surface area (Å²) in [6.45, 7) is 3.98. The Morgan fingerprint density at radius 1 is 1.12 bits per heavy atom. The predicted molar refractivity (Wildman–Crippen MR) is 95.8 cm³/mol. The molecule has 0 aromatic carbocycles. The molecule has 5 nitrogen and oxygen atoms in total. The third kappa shape index (κ3) is 2.36. The molecule has 0 N–H and O–H groups in total. The maximum absolute atomic E-state index is 4.77. The van der Waals surface area contributed by atoms with E-state index >= 15 is 0 Å². The van der Waals surface area contributed by atoms with Crippen molar-refractivity contribution in [2.75, 3.05) is 18.0 Å². The number of thiophene rings is 1. The van der Waals surface area contributed by atoms with Crippen LogP contribution in [0.4, 0.5) is 5.82 Å². The van der Waals surface area contributed by atoms with Gasteiger partial charge in [-0.25, -0.2) is 19.9 Å². The van der Waals surface area contributed by atoms with Crippen molar-refractivity contribution in [1.82, 2.24) is 19.9 Å². The fourth-order valence-corrected chi connectivity index (χ4v) is 4.06. The average Bonchev–Trinajstić information content (AvgIpc) is 3.31. The van der Waals surface area contributed by atoms with E-state index < -0.39 is 0 Å². The molecule has 1 aliphatic heterocycles. The lowest BCUT2D eigenvalue weighted by molar-refractivity contribution is 0.496. The Morgan fingerprint density at radius 3 is 2.62 bits per heavy atom. The number of aromatic nitrogens is 4. The highest BCUT2D eigenvalue weighted by Gasteiger charge is 2.33. The second-order valence-electron chi connectivity index (χ2n) is 6.71. The first kappa shape index (κ1) is 14.3. The molecular weight excluding hydrogens is 318 g/mol. The minimum absolute atomic E-state index is 0.409. The van der Waals surface area contributed by atoms with Crippen LogP contribution in [-0.4, -0.2) is 33.0 Å². The third-order valence-electron chi connectivity index (χ3n) is 4.95. The molecule has 0 amide bonds. The van der Waals surface area contributed by atoms with Crippen molar-refractivity contribution in [3.8, 4) is 0 Å². The first-order valence-electron chi connectivity index (χ1n) is 8.62. The zero-order chi connectivity index (χ0) is 16.1. The molecule has 0 unspecified atom stereocenters. The standard InChI is InChI=1S/C18H19N5S/c1-2-15-21-17(14-5-6-24-18(14)22-15)23-9-13(10-23)16-19-7-12(8-20-16)11-3-4-11/h5-8,11,13H,2-4,9-10H2,1H3. The largest absolute Gasteiger partial charge is 0.354 e. The van der Waals surface area contributed by atoms with Crippen molar-refractivity contribution in [2.45, 2.75) is 38.0 Å². The molecule has 1 saturated heterocycles. The van der Waals surface area contributed by atoms with Crippen LogP contribution >= 0.6 is 11.3 Å². The van der Waals surface area contributed by atoms with Gasteiger partial charge in [0.05, 0.1) is 11.3 Å². The maximum Gasteiger partial charge on any atom is 0.141 e. The Hall–Kier alpha value is -2.08. The molecule has 3 aromatic rings. The summed E-state index contributed by atoms with van der Waals surface area (Å²) in [5.41, 5.74) is 1.30. The number of rotatable bonds is 4. The Morgan fingerprint density at radius 2 is 1.92 bits per heavy atom. The first-order valence-corrected chi connectivity index (χ1v) is 9.50. The van der Waals surface area contributed by atoms with Gasteiger partial charge in [0.15, 0.2) is 0 Å². The van der Waals surface area contributed by atoms with Gasteiger partial charge in [0.25, 0.3) is 0 Å². The Kier molecular flexibility index (Phi) is 3.26. The zero-order valence-corrected chi connectivity index (χ0v) is 14.5. The number of hydrogen-bond acceptors (Lipinski definition) is 6. The van der Waals surface area contributed by atoms with Crippen molar-refractivity contribution in [3.63, 3.8) is 0 Å². The van der Waals surface area contributed by atoms with Gasteiger partial charge in [-0.05, 0) is 35.8 Å². The topological polar surface area (TPSA) is 54.8 Å². The Bertz CT molecular complexity index is 878. The van der Waals surface area contributed by atoms with Crippen molar-refractivity contribution in [2.24, 2.45) is 0 Å². The molecule has 0 radical (unpaired) electrons. The van der Waals surface area contributed by atoms with Crippen LogP contribution in [0, 0.1) is 0 Å². The second kappa shape index (κ2) is 5.48. The third-order valence-corrected chi connectivity index (χ3v) is 5.76. The molecule has 6 heteroatoms. The van der Waals surface area contributed by atoms with Crippen LogP contribution in [-0.2, 0) is 6.42 Å². The van der Waals surface area contributed by atoms with Crippen LogP contribution in [0.2, 0.25) is 0 Å². The second-order valence-corrected chi connectivity index (χ2v) is 7.60. The van der Waals surface area contributed by atoms with Crippen LogP contribution in [0.5, 0.6) is 0 Å². The summed E-state index contributed by atoms with van der Waals surface area (Å²) in [6, 6.07) is 2.13. The zero-order valence-electron chi connectivity index (χ0n) is 13.6. The molecule has 2 aliphatic rings. The molecular formula is C18H19N5S. The molecule has 24 heavy (non-hydrogen) atoms. The molecule has 4 heterocycles. The summed E-state index contributed by atoms with van der Waals surface area (Å²) in [4.78, 5) is 22.0. The van der Waals surface area contributed by atoms with Gasteiger partial charge in [-0.2, -0.15) is 0 Å². The summed E-state index contributed by atoms with van der Waals surface area (Å²) < 4.78 is 0. The van der Waals surface area contributed by atoms with E-state index in [0.29, 0.717) is 5.92 Å². The number of hydrogen-bond donors (Lipinski definition) is 0. The van der Waals surface area contributed by atoms with Crippen molar-refractivity contribution in [3.05, 3.63) is 41.1 Å². The minimum atomic E-state index is 0.409. The van der Waals surface area contributed by atoms with Gasteiger partial charge in [0.1, 0.15) is 22.3 Å². The van der Waals surface area contributed by atoms with Gasteiger partial charge < -0.3 is 4.90 Å². The van der Waals surface area contributed by atoms with Crippen molar-refractivity contribution >= 4 is 27.4 Å². The molecule has 122 valence electrons. The normalized spacial score (nSPS) is 18.1. The molecule has 3 aromatic heterocycles. The fourth-order valence-electron chi connectivity index (χ4n) is 3.28. The van der Waals surface area contributed by atoms with Crippen molar-refractivity contribution in [1.29, 1.82) is 0 Å². The van der Waals surface area contributed by atoms with Gasteiger partial charge in [-0.1, -0.05) is 6.92 Å². The van der Waals surface area contributed by atoms with E-state index in [1.165, 1.54) is 23.8 Å². The van der Waals surface area contributed by atoms with Crippen LogP contribution in [0.25, 0.3) is 10.2 Å². The van der Waals surface area contributed by atoms with E-state index in [1.807, 2.05) is 12.4 Å². The summed E-state index contributed by atoms with van der Waals surface area (Å²) in [5, 5.41) is 3.26. The van der Waals surface area contributed by atoms with Crippen LogP contribution in [0.1, 0.15) is 48.8 Å². The van der Waals surface area contributed by atoms with Crippen molar-refractivity contribution < 1.29 is 0 Å². The van der Waals surface area contributed by atoms with E-state index in [1.54, 1.807) is 11.3 Å². The Labute approximate surface area is 144 Å². The van der Waals surface area contributed by atoms with E-state index in [0.717, 1.165) is 47.7 Å². The average molecular weight is 337 g/mol. The fraction of sp³-hybridized carbons (Fsp3) is 0.444. The van der Waals surface area contributed by atoms with Gasteiger partial charge >= 0.3 is 0 Å². The smallest absolute Gasteiger partial charge is 0.141 e. The number of fused-ring (bicyclic) bond motifs is 1. The highest BCUT2D eigenvalue weighted by molar-refractivity contribution is 7.16. The number of nitrogens with zero attached hydrogens (tertiary/aromatic N) is 5. The molecule has 0 atom stereocenters. The minimum Gasteiger partial charge on any atom is -0.354 e.